The van der Waals surface area contributed by atoms with Gasteiger partial charge in [-0.25, -0.2) is 0 Å². The van der Waals surface area contributed by atoms with Crippen LogP contribution in [0.3, 0.4) is 0 Å². The van der Waals surface area contributed by atoms with Crippen molar-refractivity contribution in [1.29, 1.82) is 0 Å². The van der Waals surface area contributed by atoms with Gasteiger partial charge in [-0.2, -0.15) is 0 Å². The van der Waals surface area contributed by atoms with Gasteiger partial charge in [0, 0.05) is 12.8 Å². The SMILES string of the molecule is O=C(OC1C(=O)CCC1=O)C1CCC1. The van der Waals surface area contributed by atoms with Gasteiger partial charge in [-0.3, -0.25) is 14.4 Å². The van der Waals surface area contributed by atoms with Crippen LogP contribution in [0.4, 0.5) is 0 Å². The third-order valence-corrected chi connectivity index (χ3v) is 2.88. The summed E-state index contributed by atoms with van der Waals surface area (Å²) in [5.41, 5.74) is 0. The van der Waals surface area contributed by atoms with Crippen molar-refractivity contribution in [2.75, 3.05) is 0 Å². The molecule has 2 fully saturated rings. The van der Waals surface area contributed by atoms with E-state index < -0.39 is 6.10 Å². The molecular weight excluding hydrogens is 184 g/mol. The third kappa shape index (κ3) is 1.56. The fraction of sp³-hybridized carbons (Fsp3) is 0.700. The molecule has 0 N–H and O–H groups in total. The molecule has 0 radical (unpaired) electrons. The van der Waals surface area contributed by atoms with E-state index in [4.69, 9.17) is 4.74 Å². The fourth-order valence-electron chi connectivity index (χ4n) is 1.68. The summed E-state index contributed by atoms with van der Waals surface area (Å²) < 4.78 is 4.90. The summed E-state index contributed by atoms with van der Waals surface area (Å²) in [6, 6.07) is 0. The maximum atomic E-state index is 11.3. The lowest BCUT2D eigenvalue weighted by Gasteiger charge is -2.24. The molecule has 0 aromatic rings. The van der Waals surface area contributed by atoms with Crippen LogP contribution in [-0.2, 0) is 19.1 Å². The van der Waals surface area contributed by atoms with Gasteiger partial charge in [0.1, 0.15) is 0 Å². The van der Waals surface area contributed by atoms with Gasteiger partial charge < -0.3 is 4.74 Å². The highest BCUT2D eigenvalue weighted by molar-refractivity contribution is 6.12. The minimum Gasteiger partial charge on any atom is -0.446 e. The molecule has 0 spiro atoms. The van der Waals surface area contributed by atoms with Crippen LogP contribution >= 0.6 is 0 Å². The predicted octanol–water partition coefficient (Wildman–Crippen LogP) is 0.630. The second-order valence-corrected chi connectivity index (χ2v) is 3.88. The Hall–Kier alpha value is -1.19. The van der Waals surface area contributed by atoms with Gasteiger partial charge >= 0.3 is 5.97 Å². The Bertz CT molecular complexity index is 274. The van der Waals surface area contributed by atoms with E-state index in [-0.39, 0.29) is 36.3 Å². The van der Waals surface area contributed by atoms with E-state index in [0.717, 1.165) is 19.3 Å². The molecule has 0 amide bonds. The van der Waals surface area contributed by atoms with E-state index in [2.05, 4.69) is 0 Å². The highest BCUT2D eigenvalue weighted by atomic mass is 16.6. The summed E-state index contributed by atoms with van der Waals surface area (Å²) in [4.78, 5) is 33.6. The number of ketones is 2. The fourth-order valence-corrected chi connectivity index (χ4v) is 1.68. The van der Waals surface area contributed by atoms with E-state index in [9.17, 15) is 14.4 Å². The van der Waals surface area contributed by atoms with Crippen molar-refractivity contribution in [1.82, 2.24) is 0 Å². The molecule has 76 valence electrons. The zero-order valence-electron chi connectivity index (χ0n) is 7.82. The molecule has 2 aliphatic rings. The molecule has 4 heteroatoms. The molecule has 14 heavy (non-hydrogen) atoms. The van der Waals surface area contributed by atoms with Gasteiger partial charge in [0.15, 0.2) is 11.6 Å². The van der Waals surface area contributed by atoms with Gasteiger partial charge in [0.2, 0.25) is 6.10 Å². The monoisotopic (exact) mass is 196 g/mol. The first kappa shape index (κ1) is 9.37. The number of esters is 1. The molecule has 0 aromatic carbocycles. The number of ether oxygens (including phenoxy) is 1. The van der Waals surface area contributed by atoms with Crippen molar-refractivity contribution < 1.29 is 19.1 Å². The highest BCUT2D eigenvalue weighted by Gasteiger charge is 2.38. The number of rotatable bonds is 2. The highest BCUT2D eigenvalue weighted by Crippen LogP contribution is 2.28. The predicted molar refractivity (Wildman–Crippen MR) is 46.5 cm³/mol. The zero-order chi connectivity index (χ0) is 10.1. The molecule has 4 nitrogen and oxygen atoms in total. The normalized spacial score (nSPS) is 23.7. The van der Waals surface area contributed by atoms with Crippen molar-refractivity contribution in [2.24, 2.45) is 5.92 Å². The van der Waals surface area contributed by atoms with Crippen LogP contribution in [-0.4, -0.2) is 23.6 Å². The average molecular weight is 196 g/mol. The summed E-state index contributed by atoms with van der Waals surface area (Å²) >= 11 is 0. The molecule has 2 saturated carbocycles. The van der Waals surface area contributed by atoms with Crippen molar-refractivity contribution in [2.45, 2.75) is 38.2 Å². The average Bonchev–Trinajstić information content (AvgIpc) is 2.32. The van der Waals surface area contributed by atoms with Gasteiger partial charge in [0.05, 0.1) is 5.92 Å². The van der Waals surface area contributed by atoms with Crippen LogP contribution < -0.4 is 0 Å². The first-order chi connectivity index (χ1) is 6.68. The van der Waals surface area contributed by atoms with Crippen LogP contribution in [0.15, 0.2) is 0 Å². The first-order valence-corrected chi connectivity index (χ1v) is 4.94. The Balaban J connectivity index is 1.92. The number of carbonyl (C=O) groups is 3. The lowest BCUT2D eigenvalue weighted by atomic mass is 9.86. The van der Waals surface area contributed by atoms with Crippen LogP contribution in [0.25, 0.3) is 0 Å². The molecule has 0 atom stereocenters. The van der Waals surface area contributed by atoms with Crippen molar-refractivity contribution >= 4 is 17.5 Å². The summed E-state index contributed by atoms with van der Waals surface area (Å²) in [5.74, 6) is -0.939. The molecule has 0 heterocycles. The van der Waals surface area contributed by atoms with Gasteiger partial charge in [-0.1, -0.05) is 6.42 Å². The second-order valence-electron chi connectivity index (χ2n) is 3.88. The zero-order valence-corrected chi connectivity index (χ0v) is 7.82. The van der Waals surface area contributed by atoms with E-state index in [0.29, 0.717) is 0 Å². The van der Waals surface area contributed by atoms with Crippen LogP contribution in [0.1, 0.15) is 32.1 Å². The Morgan fingerprint density at radius 3 is 2.14 bits per heavy atom. The molecule has 0 aromatic heterocycles. The summed E-state index contributed by atoms with van der Waals surface area (Å²) in [6.45, 7) is 0. The molecule has 0 aliphatic heterocycles. The van der Waals surface area contributed by atoms with Crippen LogP contribution in [0, 0.1) is 5.92 Å². The largest absolute Gasteiger partial charge is 0.446 e. The lowest BCUT2D eigenvalue weighted by Crippen LogP contribution is -2.33. The molecular formula is C10H12O4. The molecule has 2 aliphatic carbocycles. The smallest absolute Gasteiger partial charge is 0.310 e. The van der Waals surface area contributed by atoms with E-state index in [1.807, 2.05) is 0 Å². The summed E-state index contributed by atoms with van der Waals surface area (Å²) in [5, 5.41) is 0. The summed E-state index contributed by atoms with van der Waals surface area (Å²) in [6.07, 6.45) is 2.06. The quantitative estimate of drug-likeness (QED) is 0.480. The maximum Gasteiger partial charge on any atom is 0.310 e. The Morgan fingerprint density at radius 2 is 1.71 bits per heavy atom. The molecule has 0 unspecified atom stereocenters. The second kappa shape index (κ2) is 3.52. The van der Waals surface area contributed by atoms with Crippen LogP contribution in [0.5, 0.6) is 0 Å². The van der Waals surface area contributed by atoms with E-state index in [1.54, 1.807) is 0 Å². The minimum atomic E-state index is -1.08. The number of Topliss-reactive ketones (excluding diaryl/α,β-unsaturated/α-hetero) is 2. The van der Waals surface area contributed by atoms with Crippen molar-refractivity contribution in [3.8, 4) is 0 Å². The van der Waals surface area contributed by atoms with Crippen LogP contribution in [0.2, 0.25) is 0 Å². The Kier molecular flexibility index (Phi) is 2.35. The van der Waals surface area contributed by atoms with Gasteiger partial charge in [-0.05, 0) is 12.8 Å². The number of carbonyl (C=O) groups excluding carboxylic acids is 3. The van der Waals surface area contributed by atoms with Crippen molar-refractivity contribution in [3.63, 3.8) is 0 Å². The third-order valence-electron chi connectivity index (χ3n) is 2.88. The molecule has 0 saturated heterocycles. The standard InChI is InChI=1S/C10H12O4/c11-7-4-5-8(12)9(7)14-10(13)6-2-1-3-6/h6,9H,1-5H2. The maximum absolute atomic E-state index is 11.3. The van der Waals surface area contributed by atoms with Crippen molar-refractivity contribution in [3.05, 3.63) is 0 Å². The topological polar surface area (TPSA) is 60.4 Å². The minimum absolute atomic E-state index is 0.0730. The lowest BCUT2D eigenvalue weighted by molar-refractivity contribution is -0.163. The Labute approximate surface area is 81.6 Å². The molecule has 2 rings (SSSR count). The van der Waals surface area contributed by atoms with E-state index >= 15 is 0 Å². The number of hydrogen-bond donors (Lipinski definition) is 0. The first-order valence-electron chi connectivity index (χ1n) is 4.94. The van der Waals surface area contributed by atoms with Gasteiger partial charge in [0.25, 0.3) is 0 Å². The summed E-state index contributed by atoms with van der Waals surface area (Å²) in [7, 11) is 0. The number of hydrogen-bond acceptors (Lipinski definition) is 4. The van der Waals surface area contributed by atoms with Gasteiger partial charge in [-0.15, -0.1) is 0 Å². The Morgan fingerprint density at radius 1 is 1.14 bits per heavy atom. The molecule has 0 bridgehead atoms. The van der Waals surface area contributed by atoms with E-state index in [1.165, 1.54) is 0 Å².